The van der Waals surface area contributed by atoms with Crippen LogP contribution in [0.3, 0.4) is 0 Å². The number of rotatable bonds is 4. The number of carboxylic acid groups (broad SMARTS) is 1. The third-order valence-electron chi connectivity index (χ3n) is 5.47. The molecule has 1 aliphatic heterocycles. The number of aliphatic imine (C=N–C) groups is 1. The number of hydrogen-bond acceptors (Lipinski definition) is 5. The Morgan fingerprint density at radius 3 is 2.78 bits per heavy atom. The van der Waals surface area contributed by atoms with Crippen LogP contribution < -0.4 is 4.74 Å². The van der Waals surface area contributed by atoms with E-state index in [1.54, 1.807) is 44.1 Å². The van der Waals surface area contributed by atoms with E-state index in [-0.39, 0.29) is 17.1 Å². The van der Waals surface area contributed by atoms with Crippen molar-refractivity contribution in [1.29, 1.82) is 0 Å². The van der Waals surface area contributed by atoms with Crippen LogP contribution in [-0.2, 0) is 10.2 Å². The molecular formula is C20H19FN2O3S. The standard InChI is InChI=1S/C20H19FN2O3S/c1-11-13(4-3-5-14(11)21)20(19(24)25)8-16-17(9-20)27-18(23-16)15-7-6-12(26-2)10-22-15/h3-7,10,16-17H,8-9H2,1-2H3,(H,24,25)/t16?,17?,20-/m1/s1. The highest BCUT2D eigenvalue weighted by atomic mass is 32.2. The number of thioether (sulfide) groups is 1. The second-order valence-corrected chi connectivity index (χ2v) is 8.18. The molecule has 2 unspecified atom stereocenters. The van der Waals surface area contributed by atoms with Crippen molar-refractivity contribution in [2.75, 3.05) is 7.11 Å². The molecule has 140 valence electrons. The van der Waals surface area contributed by atoms with Gasteiger partial charge in [0.05, 0.1) is 30.5 Å². The third kappa shape index (κ3) is 2.90. The minimum Gasteiger partial charge on any atom is -0.495 e. The molecule has 27 heavy (non-hydrogen) atoms. The lowest BCUT2D eigenvalue weighted by Crippen LogP contribution is -2.35. The van der Waals surface area contributed by atoms with Gasteiger partial charge in [-0.3, -0.25) is 14.8 Å². The molecule has 0 bridgehead atoms. The van der Waals surface area contributed by atoms with Gasteiger partial charge < -0.3 is 9.84 Å². The quantitative estimate of drug-likeness (QED) is 0.870. The smallest absolute Gasteiger partial charge is 0.314 e. The number of halogens is 1. The first-order chi connectivity index (χ1) is 12.9. The molecule has 2 aliphatic rings. The fourth-order valence-electron chi connectivity index (χ4n) is 4.01. The first kappa shape index (κ1) is 18.0. The maximum atomic E-state index is 14.1. The van der Waals surface area contributed by atoms with Gasteiger partial charge >= 0.3 is 5.97 Å². The average molecular weight is 386 g/mol. The Bertz CT molecular complexity index is 931. The Balaban J connectivity index is 1.65. The van der Waals surface area contributed by atoms with E-state index >= 15 is 0 Å². The molecule has 2 aromatic rings. The van der Waals surface area contributed by atoms with Crippen LogP contribution in [0, 0.1) is 12.7 Å². The summed E-state index contributed by atoms with van der Waals surface area (Å²) in [6, 6.07) is 8.25. The maximum absolute atomic E-state index is 14.1. The molecule has 0 saturated heterocycles. The van der Waals surface area contributed by atoms with E-state index in [0.717, 1.165) is 10.7 Å². The van der Waals surface area contributed by atoms with Crippen LogP contribution in [0.2, 0.25) is 0 Å². The average Bonchev–Trinajstić information content (AvgIpc) is 3.21. The van der Waals surface area contributed by atoms with Crippen molar-refractivity contribution in [2.24, 2.45) is 4.99 Å². The number of hydrogen-bond donors (Lipinski definition) is 1. The monoisotopic (exact) mass is 386 g/mol. The van der Waals surface area contributed by atoms with Gasteiger partial charge in [-0.15, -0.1) is 0 Å². The molecule has 1 aromatic heterocycles. The number of pyridine rings is 1. The zero-order chi connectivity index (χ0) is 19.2. The van der Waals surface area contributed by atoms with Gasteiger partial charge in [0.15, 0.2) is 0 Å². The molecule has 0 amide bonds. The molecule has 0 radical (unpaired) electrons. The Labute approximate surface area is 160 Å². The van der Waals surface area contributed by atoms with Crippen LogP contribution in [0.5, 0.6) is 5.75 Å². The zero-order valence-electron chi connectivity index (χ0n) is 15.0. The molecule has 1 saturated carbocycles. The van der Waals surface area contributed by atoms with Gasteiger partial charge in [0.1, 0.15) is 16.6 Å². The summed E-state index contributed by atoms with van der Waals surface area (Å²) in [6.45, 7) is 1.65. The van der Waals surface area contributed by atoms with E-state index in [9.17, 15) is 14.3 Å². The number of benzene rings is 1. The Morgan fingerprint density at radius 1 is 1.33 bits per heavy atom. The molecule has 2 heterocycles. The highest BCUT2D eigenvalue weighted by molar-refractivity contribution is 8.15. The number of carbonyl (C=O) groups is 1. The summed E-state index contributed by atoms with van der Waals surface area (Å²) in [4.78, 5) is 21.4. The summed E-state index contributed by atoms with van der Waals surface area (Å²) in [5.41, 5.74) is 0.630. The molecule has 7 heteroatoms. The van der Waals surface area contributed by atoms with Crippen LogP contribution in [0.1, 0.15) is 29.7 Å². The van der Waals surface area contributed by atoms with Crippen LogP contribution in [0.4, 0.5) is 4.39 Å². The second kappa shape index (κ2) is 6.64. The van der Waals surface area contributed by atoms with Gasteiger partial charge in [0.2, 0.25) is 0 Å². The lowest BCUT2D eigenvalue weighted by molar-refractivity contribution is -0.143. The predicted octanol–water partition coefficient (Wildman–Crippen LogP) is 3.58. The van der Waals surface area contributed by atoms with Crippen molar-refractivity contribution in [3.8, 4) is 5.75 Å². The highest BCUT2D eigenvalue weighted by Crippen LogP contribution is 2.51. The van der Waals surface area contributed by atoms with Crippen molar-refractivity contribution >= 4 is 22.8 Å². The number of methoxy groups -OCH3 is 1. The SMILES string of the molecule is COc1ccc(C2=NC3C[C@](C(=O)O)(c4cccc(F)c4C)CC3S2)nc1. The number of carboxylic acids is 1. The van der Waals surface area contributed by atoms with Crippen LogP contribution in [0.25, 0.3) is 0 Å². The lowest BCUT2D eigenvalue weighted by Gasteiger charge is -2.27. The number of aliphatic carboxylic acids is 1. The molecule has 1 aromatic carbocycles. The summed E-state index contributed by atoms with van der Waals surface area (Å²) < 4.78 is 19.2. The fraction of sp³-hybridized carbons (Fsp3) is 0.350. The normalized spacial score (nSPS) is 26.6. The van der Waals surface area contributed by atoms with Crippen molar-refractivity contribution in [3.05, 3.63) is 59.2 Å². The van der Waals surface area contributed by atoms with Crippen molar-refractivity contribution < 1.29 is 19.0 Å². The molecule has 3 atom stereocenters. The van der Waals surface area contributed by atoms with E-state index in [1.807, 2.05) is 12.1 Å². The van der Waals surface area contributed by atoms with Crippen LogP contribution in [0.15, 0.2) is 41.5 Å². The molecule has 0 spiro atoms. The number of nitrogens with zero attached hydrogens (tertiary/aromatic N) is 2. The zero-order valence-corrected chi connectivity index (χ0v) is 15.8. The van der Waals surface area contributed by atoms with E-state index in [0.29, 0.717) is 29.7 Å². The number of fused-ring (bicyclic) bond motifs is 1. The summed E-state index contributed by atoms with van der Waals surface area (Å²) >= 11 is 1.56. The topological polar surface area (TPSA) is 71.8 Å². The Hall–Kier alpha value is -2.41. The molecule has 5 nitrogen and oxygen atoms in total. The van der Waals surface area contributed by atoms with Crippen LogP contribution in [-0.4, -0.2) is 39.5 Å². The molecule has 1 fully saturated rings. The largest absolute Gasteiger partial charge is 0.495 e. The molecular weight excluding hydrogens is 367 g/mol. The highest BCUT2D eigenvalue weighted by Gasteiger charge is 2.55. The summed E-state index contributed by atoms with van der Waals surface area (Å²) in [6.07, 6.45) is 2.43. The third-order valence-corrected chi connectivity index (χ3v) is 6.79. The minimum atomic E-state index is -1.10. The lowest BCUT2D eigenvalue weighted by atomic mass is 9.76. The molecule has 1 aliphatic carbocycles. The predicted molar refractivity (Wildman–Crippen MR) is 102 cm³/mol. The van der Waals surface area contributed by atoms with E-state index in [2.05, 4.69) is 4.98 Å². The van der Waals surface area contributed by atoms with Crippen molar-refractivity contribution in [3.63, 3.8) is 0 Å². The summed E-state index contributed by atoms with van der Waals surface area (Å²) in [5.74, 6) is -0.607. The van der Waals surface area contributed by atoms with Gasteiger partial charge in [-0.05, 0) is 49.1 Å². The molecule has 1 N–H and O–H groups in total. The van der Waals surface area contributed by atoms with E-state index in [1.165, 1.54) is 6.07 Å². The van der Waals surface area contributed by atoms with Gasteiger partial charge in [-0.2, -0.15) is 0 Å². The maximum Gasteiger partial charge on any atom is 0.314 e. The number of aromatic nitrogens is 1. The number of ether oxygens (including phenoxy) is 1. The van der Waals surface area contributed by atoms with Crippen molar-refractivity contribution in [2.45, 2.75) is 36.5 Å². The Kier molecular flexibility index (Phi) is 4.42. The van der Waals surface area contributed by atoms with E-state index in [4.69, 9.17) is 9.73 Å². The minimum absolute atomic E-state index is 0.0441. The van der Waals surface area contributed by atoms with E-state index < -0.39 is 11.4 Å². The van der Waals surface area contributed by atoms with Gasteiger partial charge in [-0.1, -0.05) is 23.9 Å². The summed E-state index contributed by atoms with van der Waals surface area (Å²) in [5, 5.41) is 10.9. The molecule has 4 rings (SSSR count). The van der Waals surface area contributed by atoms with Crippen LogP contribution >= 0.6 is 11.8 Å². The first-order valence-corrected chi connectivity index (χ1v) is 9.56. The fourth-order valence-corrected chi connectivity index (χ4v) is 5.42. The van der Waals surface area contributed by atoms with Crippen molar-refractivity contribution in [1.82, 2.24) is 4.98 Å². The van der Waals surface area contributed by atoms with Gasteiger partial charge in [0.25, 0.3) is 0 Å². The first-order valence-electron chi connectivity index (χ1n) is 8.68. The van der Waals surface area contributed by atoms with Gasteiger partial charge in [-0.25, -0.2) is 4.39 Å². The Morgan fingerprint density at radius 2 is 2.15 bits per heavy atom. The second-order valence-electron chi connectivity index (χ2n) is 6.95. The van der Waals surface area contributed by atoms with Gasteiger partial charge in [0, 0.05) is 5.25 Å². The summed E-state index contributed by atoms with van der Waals surface area (Å²) in [7, 11) is 1.59.